The van der Waals surface area contributed by atoms with Crippen molar-refractivity contribution >= 4 is 23.5 Å². The van der Waals surface area contributed by atoms with Crippen molar-refractivity contribution in [1.29, 1.82) is 0 Å². The molecule has 1 aromatic heterocycles. The van der Waals surface area contributed by atoms with E-state index in [4.69, 9.17) is 10.8 Å². The van der Waals surface area contributed by atoms with Gasteiger partial charge in [0.1, 0.15) is 11.4 Å². The first-order valence-electron chi connectivity index (χ1n) is 7.25. The number of carboxylic acid groups (broad SMARTS) is 1. The first kappa shape index (κ1) is 18.0. The number of aromatic amines is 1. The van der Waals surface area contributed by atoms with Gasteiger partial charge in [-0.15, -0.1) is 0 Å². The van der Waals surface area contributed by atoms with Crippen molar-refractivity contribution in [1.82, 2.24) is 9.97 Å². The number of carbonyl (C=O) groups excluding carboxylic acids is 2. The zero-order valence-corrected chi connectivity index (χ0v) is 13.5. The van der Waals surface area contributed by atoms with Crippen LogP contribution in [-0.4, -0.2) is 38.9 Å². The second kappa shape index (κ2) is 7.05. The van der Waals surface area contributed by atoms with Gasteiger partial charge in [0.2, 0.25) is 11.8 Å². The quantitative estimate of drug-likeness (QED) is 0.725. The van der Waals surface area contributed by atoms with Crippen molar-refractivity contribution in [3.63, 3.8) is 0 Å². The van der Waals surface area contributed by atoms with Crippen molar-refractivity contribution in [3.8, 4) is 11.4 Å². The van der Waals surface area contributed by atoms with Gasteiger partial charge in [0.25, 0.3) is 5.56 Å². The van der Waals surface area contributed by atoms with Crippen LogP contribution >= 0.6 is 0 Å². The minimum atomic E-state index is -1.37. The Morgan fingerprint density at radius 1 is 1.24 bits per heavy atom. The number of anilines is 1. The van der Waals surface area contributed by atoms with Gasteiger partial charge < -0.3 is 15.8 Å². The predicted octanol–water partition coefficient (Wildman–Crippen LogP) is 0.362. The summed E-state index contributed by atoms with van der Waals surface area (Å²) in [7, 11) is 0. The number of carboxylic acids is 1. The molecule has 9 heteroatoms. The Balaban J connectivity index is 2.38. The number of hydrogen-bond acceptors (Lipinski definition) is 6. The van der Waals surface area contributed by atoms with Crippen molar-refractivity contribution in [3.05, 3.63) is 46.4 Å². The topological polar surface area (TPSA) is 146 Å². The number of nitrogens with one attached hydrogen (secondary N) is 1. The van der Waals surface area contributed by atoms with Gasteiger partial charge in [-0.1, -0.05) is 0 Å². The number of benzene rings is 1. The van der Waals surface area contributed by atoms with Crippen molar-refractivity contribution in [2.75, 3.05) is 4.90 Å². The number of rotatable bonds is 4. The van der Waals surface area contributed by atoms with Crippen LogP contribution in [0, 0.1) is 0 Å². The maximum Gasteiger partial charge on any atom is 0.342 e. The predicted molar refractivity (Wildman–Crippen MR) is 89.1 cm³/mol. The van der Waals surface area contributed by atoms with E-state index in [1.54, 1.807) is 12.1 Å². The minimum Gasteiger partial charge on any atom is -0.477 e. The average Bonchev–Trinajstić information content (AvgIpc) is 2.54. The van der Waals surface area contributed by atoms with Gasteiger partial charge in [0.15, 0.2) is 0 Å². The van der Waals surface area contributed by atoms with Crippen LogP contribution in [0.15, 0.2) is 35.3 Å². The number of aromatic nitrogens is 2. The zero-order valence-electron chi connectivity index (χ0n) is 13.5. The fourth-order valence-corrected chi connectivity index (χ4v) is 2.13. The van der Waals surface area contributed by atoms with Gasteiger partial charge in [-0.05, 0) is 31.2 Å². The second-order valence-electron chi connectivity index (χ2n) is 5.31. The molecular formula is C16H16N4O5. The SMILES string of the molecule is CC(=O)N(C(=O)[C@H](C)N)c1ccc(-c2ncc(C(=O)O)c(=O)[nH]2)cc1. The van der Waals surface area contributed by atoms with E-state index in [0.717, 1.165) is 11.1 Å². The van der Waals surface area contributed by atoms with E-state index in [0.29, 0.717) is 11.3 Å². The highest BCUT2D eigenvalue weighted by Gasteiger charge is 2.23. The number of imide groups is 1. The summed E-state index contributed by atoms with van der Waals surface area (Å²) < 4.78 is 0. The Bertz CT molecular complexity index is 886. The average molecular weight is 344 g/mol. The molecule has 1 atom stereocenters. The van der Waals surface area contributed by atoms with Crippen LogP contribution in [0.3, 0.4) is 0 Å². The number of hydrogen-bond donors (Lipinski definition) is 3. The van der Waals surface area contributed by atoms with Crippen LogP contribution in [0.4, 0.5) is 5.69 Å². The van der Waals surface area contributed by atoms with Crippen molar-refractivity contribution in [2.24, 2.45) is 5.73 Å². The molecule has 25 heavy (non-hydrogen) atoms. The largest absolute Gasteiger partial charge is 0.477 e. The molecule has 2 amide bonds. The lowest BCUT2D eigenvalue weighted by Gasteiger charge is -2.21. The molecule has 0 aliphatic carbocycles. The zero-order chi connectivity index (χ0) is 18.7. The molecule has 0 unspecified atom stereocenters. The van der Waals surface area contributed by atoms with E-state index in [2.05, 4.69) is 9.97 Å². The summed E-state index contributed by atoms with van der Waals surface area (Å²) in [6.07, 6.45) is 0.964. The second-order valence-corrected chi connectivity index (χ2v) is 5.31. The van der Waals surface area contributed by atoms with Gasteiger partial charge >= 0.3 is 5.97 Å². The summed E-state index contributed by atoms with van der Waals surface area (Å²) in [6.45, 7) is 2.73. The van der Waals surface area contributed by atoms with Crippen LogP contribution in [0.5, 0.6) is 0 Å². The van der Waals surface area contributed by atoms with Crippen LogP contribution in [-0.2, 0) is 9.59 Å². The summed E-state index contributed by atoms with van der Waals surface area (Å²) >= 11 is 0. The smallest absolute Gasteiger partial charge is 0.342 e. The molecule has 2 rings (SSSR count). The van der Waals surface area contributed by atoms with Crippen molar-refractivity contribution < 1.29 is 19.5 Å². The van der Waals surface area contributed by atoms with Gasteiger partial charge in [0, 0.05) is 18.7 Å². The maximum absolute atomic E-state index is 12.1. The first-order valence-corrected chi connectivity index (χ1v) is 7.25. The summed E-state index contributed by atoms with van der Waals surface area (Å²) in [4.78, 5) is 53.5. The summed E-state index contributed by atoms with van der Waals surface area (Å²) in [5.41, 5.74) is 5.10. The Kier molecular flexibility index (Phi) is 5.08. The monoisotopic (exact) mass is 344 g/mol. The minimum absolute atomic E-state index is 0.162. The lowest BCUT2D eigenvalue weighted by molar-refractivity contribution is -0.126. The van der Waals surface area contributed by atoms with Crippen LogP contribution in [0.25, 0.3) is 11.4 Å². The molecule has 0 saturated heterocycles. The van der Waals surface area contributed by atoms with E-state index in [-0.39, 0.29) is 5.82 Å². The lowest BCUT2D eigenvalue weighted by atomic mass is 10.1. The fourth-order valence-electron chi connectivity index (χ4n) is 2.13. The number of nitrogens with two attached hydrogens (primary N) is 1. The summed E-state index contributed by atoms with van der Waals surface area (Å²) in [6, 6.07) is 5.24. The number of nitrogens with zero attached hydrogens (tertiary/aromatic N) is 2. The highest BCUT2D eigenvalue weighted by molar-refractivity contribution is 6.15. The molecule has 0 aliphatic rings. The molecule has 0 aliphatic heterocycles. The number of carbonyl (C=O) groups is 3. The Morgan fingerprint density at radius 2 is 1.84 bits per heavy atom. The molecule has 9 nitrogen and oxygen atoms in total. The highest BCUT2D eigenvalue weighted by Crippen LogP contribution is 2.21. The van der Waals surface area contributed by atoms with E-state index >= 15 is 0 Å². The molecule has 0 fully saturated rings. The fraction of sp³-hybridized carbons (Fsp3) is 0.188. The molecule has 0 spiro atoms. The molecular weight excluding hydrogens is 328 g/mol. The maximum atomic E-state index is 12.1. The third kappa shape index (κ3) is 3.78. The Hall–Kier alpha value is -3.33. The third-order valence-electron chi connectivity index (χ3n) is 3.35. The molecule has 1 heterocycles. The van der Waals surface area contributed by atoms with Crippen LogP contribution in [0.2, 0.25) is 0 Å². The number of amides is 2. The van der Waals surface area contributed by atoms with E-state index in [1.807, 2.05) is 0 Å². The van der Waals surface area contributed by atoms with E-state index in [1.165, 1.54) is 26.0 Å². The molecule has 0 radical (unpaired) electrons. The van der Waals surface area contributed by atoms with Crippen LogP contribution in [0.1, 0.15) is 24.2 Å². The number of aromatic carboxylic acids is 1. The molecule has 4 N–H and O–H groups in total. The molecule has 1 aromatic carbocycles. The Labute approximate surface area is 142 Å². The molecule has 130 valence electrons. The summed E-state index contributed by atoms with van der Waals surface area (Å²) in [5, 5.41) is 8.83. The van der Waals surface area contributed by atoms with Gasteiger partial charge in [0.05, 0.1) is 11.7 Å². The highest BCUT2D eigenvalue weighted by atomic mass is 16.4. The first-order chi connectivity index (χ1) is 11.7. The van der Waals surface area contributed by atoms with E-state index < -0.39 is 34.9 Å². The third-order valence-corrected chi connectivity index (χ3v) is 3.35. The molecule has 0 saturated carbocycles. The molecule has 2 aromatic rings. The Morgan fingerprint density at radius 3 is 2.28 bits per heavy atom. The normalized spacial score (nSPS) is 11.6. The van der Waals surface area contributed by atoms with Crippen molar-refractivity contribution in [2.45, 2.75) is 19.9 Å². The lowest BCUT2D eigenvalue weighted by Crippen LogP contribution is -2.44. The standard InChI is InChI=1S/C16H16N4O5/c1-8(17)15(23)20(9(2)21)11-5-3-10(4-6-11)13-18-7-12(16(24)25)14(22)19-13/h3-8H,17H2,1-2H3,(H,24,25)(H,18,19,22)/t8-/m0/s1. The van der Waals surface area contributed by atoms with Crippen LogP contribution < -0.4 is 16.2 Å². The molecule has 0 bridgehead atoms. The van der Waals surface area contributed by atoms with Gasteiger partial charge in [-0.3, -0.25) is 14.4 Å². The van der Waals surface area contributed by atoms with Gasteiger partial charge in [-0.2, -0.15) is 0 Å². The van der Waals surface area contributed by atoms with Gasteiger partial charge in [-0.25, -0.2) is 14.7 Å². The van der Waals surface area contributed by atoms with E-state index in [9.17, 15) is 19.2 Å². The number of H-pyrrole nitrogens is 1. The summed E-state index contributed by atoms with van der Waals surface area (Å²) in [5.74, 6) is -2.23.